The van der Waals surface area contributed by atoms with Gasteiger partial charge in [-0.05, 0) is 20.8 Å². The highest BCUT2D eigenvalue weighted by Crippen LogP contribution is 2.18. The Labute approximate surface area is 89.6 Å². The van der Waals surface area contributed by atoms with Crippen molar-refractivity contribution < 1.29 is 4.79 Å². The van der Waals surface area contributed by atoms with Crippen LogP contribution in [0.3, 0.4) is 0 Å². The zero-order valence-electron chi connectivity index (χ0n) is 9.66. The molecule has 0 aromatic carbocycles. The van der Waals surface area contributed by atoms with Gasteiger partial charge in [-0.1, -0.05) is 0 Å². The molecular formula is C10H18N4O. The topological polar surface area (TPSA) is 72.9 Å². The molecule has 0 aliphatic rings. The van der Waals surface area contributed by atoms with Crippen molar-refractivity contribution >= 4 is 11.6 Å². The van der Waals surface area contributed by atoms with Crippen LogP contribution in [0, 0.1) is 12.3 Å². The molecule has 0 radical (unpaired) electrons. The number of aryl methyl sites for hydroxylation is 1. The second-order valence-electron chi connectivity index (χ2n) is 4.31. The molecular weight excluding hydrogens is 192 g/mol. The molecule has 1 rings (SSSR count). The molecule has 1 heterocycles. The maximum atomic E-state index is 11.8. The molecule has 0 atom stereocenters. The standard InChI is InChI=1S/C10H18N4O/c1-7-8(5-12-14(7)4)13-9(15)10(2,3)6-11/h5H,6,11H2,1-4H3,(H,13,15). The second-order valence-corrected chi connectivity index (χ2v) is 4.31. The molecule has 3 N–H and O–H groups in total. The summed E-state index contributed by atoms with van der Waals surface area (Å²) < 4.78 is 1.71. The number of hydrogen-bond acceptors (Lipinski definition) is 3. The number of hydrogen-bond donors (Lipinski definition) is 2. The third kappa shape index (κ3) is 2.36. The maximum absolute atomic E-state index is 11.8. The van der Waals surface area contributed by atoms with Crippen LogP contribution in [0.15, 0.2) is 6.20 Å². The van der Waals surface area contributed by atoms with E-state index >= 15 is 0 Å². The van der Waals surface area contributed by atoms with Gasteiger partial charge in [-0.3, -0.25) is 9.48 Å². The van der Waals surface area contributed by atoms with E-state index in [-0.39, 0.29) is 5.91 Å². The molecule has 0 bridgehead atoms. The predicted octanol–water partition coefficient (Wildman–Crippen LogP) is 0.652. The van der Waals surface area contributed by atoms with Crippen molar-refractivity contribution in [3.8, 4) is 0 Å². The Kier molecular flexibility index (Phi) is 3.14. The van der Waals surface area contributed by atoms with Crippen LogP contribution in [-0.2, 0) is 11.8 Å². The van der Waals surface area contributed by atoms with E-state index in [0.717, 1.165) is 11.4 Å². The summed E-state index contributed by atoms with van der Waals surface area (Å²) in [5.41, 5.74) is 6.64. The van der Waals surface area contributed by atoms with Crippen molar-refractivity contribution in [2.75, 3.05) is 11.9 Å². The average Bonchev–Trinajstić information content (AvgIpc) is 2.49. The van der Waals surface area contributed by atoms with Crippen molar-refractivity contribution in [3.05, 3.63) is 11.9 Å². The lowest BCUT2D eigenvalue weighted by Gasteiger charge is -2.20. The van der Waals surface area contributed by atoms with E-state index in [1.807, 2.05) is 27.8 Å². The fraction of sp³-hybridized carbons (Fsp3) is 0.600. The smallest absolute Gasteiger partial charge is 0.231 e. The Hall–Kier alpha value is -1.36. The van der Waals surface area contributed by atoms with E-state index in [0.29, 0.717) is 6.54 Å². The summed E-state index contributed by atoms with van der Waals surface area (Å²) in [5.74, 6) is -0.0823. The van der Waals surface area contributed by atoms with Gasteiger partial charge < -0.3 is 11.1 Å². The van der Waals surface area contributed by atoms with Crippen molar-refractivity contribution in [3.63, 3.8) is 0 Å². The van der Waals surface area contributed by atoms with Crippen LogP contribution in [0.5, 0.6) is 0 Å². The number of carbonyl (C=O) groups excluding carboxylic acids is 1. The highest BCUT2D eigenvalue weighted by molar-refractivity contribution is 5.95. The van der Waals surface area contributed by atoms with E-state index < -0.39 is 5.41 Å². The lowest BCUT2D eigenvalue weighted by molar-refractivity contribution is -0.123. The largest absolute Gasteiger partial charge is 0.329 e. The summed E-state index contributed by atoms with van der Waals surface area (Å²) in [6, 6.07) is 0. The van der Waals surface area contributed by atoms with Gasteiger partial charge >= 0.3 is 0 Å². The minimum Gasteiger partial charge on any atom is -0.329 e. The van der Waals surface area contributed by atoms with Crippen LogP contribution in [0.1, 0.15) is 19.5 Å². The van der Waals surface area contributed by atoms with Crippen LogP contribution < -0.4 is 11.1 Å². The van der Waals surface area contributed by atoms with Crippen LogP contribution in [0.4, 0.5) is 5.69 Å². The number of carbonyl (C=O) groups is 1. The van der Waals surface area contributed by atoms with Crippen LogP contribution in [-0.4, -0.2) is 22.2 Å². The third-order valence-electron chi connectivity index (χ3n) is 2.61. The van der Waals surface area contributed by atoms with Crippen LogP contribution >= 0.6 is 0 Å². The molecule has 1 aromatic rings. The fourth-order valence-corrected chi connectivity index (χ4v) is 1.01. The van der Waals surface area contributed by atoms with E-state index in [1.165, 1.54) is 0 Å². The molecule has 0 spiro atoms. The first-order valence-corrected chi connectivity index (χ1v) is 4.88. The van der Waals surface area contributed by atoms with Crippen molar-refractivity contribution in [1.29, 1.82) is 0 Å². The van der Waals surface area contributed by atoms with E-state index in [4.69, 9.17) is 5.73 Å². The minimum atomic E-state index is -0.553. The second kappa shape index (κ2) is 4.02. The number of amides is 1. The molecule has 5 nitrogen and oxygen atoms in total. The number of anilines is 1. The molecule has 15 heavy (non-hydrogen) atoms. The zero-order valence-corrected chi connectivity index (χ0v) is 9.66. The summed E-state index contributed by atoms with van der Waals surface area (Å²) >= 11 is 0. The van der Waals surface area contributed by atoms with Gasteiger partial charge in [0.15, 0.2) is 0 Å². The lowest BCUT2D eigenvalue weighted by Crippen LogP contribution is -2.37. The minimum absolute atomic E-state index is 0.0823. The van der Waals surface area contributed by atoms with Crippen molar-refractivity contribution in [2.24, 2.45) is 18.2 Å². The Morgan fingerprint density at radius 2 is 2.27 bits per heavy atom. The normalized spacial score (nSPS) is 11.5. The average molecular weight is 210 g/mol. The molecule has 0 fully saturated rings. The van der Waals surface area contributed by atoms with Crippen LogP contribution in [0.25, 0.3) is 0 Å². The lowest BCUT2D eigenvalue weighted by atomic mass is 9.92. The summed E-state index contributed by atoms with van der Waals surface area (Å²) in [6.07, 6.45) is 1.64. The van der Waals surface area contributed by atoms with Crippen molar-refractivity contribution in [2.45, 2.75) is 20.8 Å². The van der Waals surface area contributed by atoms with Gasteiger partial charge in [-0.25, -0.2) is 0 Å². The van der Waals surface area contributed by atoms with Gasteiger partial charge in [-0.2, -0.15) is 5.10 Å². The van der Waals surface area contributed by atoms with Gasteiger partial charge in [-0.15, -0.1) is 0 Å². The van der Waals surface area contributed by atoms with E-state index in [9.17, 15) is 4.79 Å². The molecule has 0 saturated carbocycles. The quantitative estimate of drug-likeness (QED) is 0.769. The molecule has 0 unspecified atom stereocenters. The highest BCUT2D eigenvalue weighted by atomic mass is 16.2. The highest BCUT2D eigenvalue weighted by Gasteiger charge is 2.26. The van der Waals surface area contributed by atoms with Crippen LogP contribution in [0.2, 0.25) is 0 Å². The Balaban J connectivity index is 2.79. The van der Waals surface area contributed by atoms with E-state index in [1.54, 1.807) is 10.9 Å². The summed E-state index contributed by atoms with van der Waals surface area (Å²) in [6.45, 7) is 5.85. The van der Waals surface area contributed by atoms with Crippen molar-refractivity contribution in [1.82, 2.24) is 9.78 Å². The fourth-order valence-electron chi connectivity index (χ4n) is 1.01. The Bertz CT molecular complexity index is 367. The molecule has 0 aliphatic heterocycles. The van der Waals surface area contributed by atoms with Gasteiger partial charge in [0, 0.05) is 13.6 Å². The SMILES string of the molecule is Cc1c(NC(=O)C(C)(C)CN)cnn1C. The first kappa shape index (κ1) is 11.7. The summed E-state index contributed by atoms with van der Waals surface area (Å²) in [7, 11) is 1.83. The summed E-state index contributed by atoms with van der Waals surface area (Å²) in [5, 5.41) is 6.87. The van der Waals surface area contributed by atoms with Gasteiger partial charge in [0.25, 0.3) is 0 Å². The molecule has 0 aliphatic carbocycles. The molecule has 1 aromatic heterocycles. The predicted molar refractivity (Wildman–Crippen MR) is 59.4 cm³/mol. The first-order chi connectivity index (χ1) is 6.88. The van der Waals surface area contributed by atoms with Gasteiger partial charge in [0.05, 0.1) is 23.0 Å². The summed E-state index contributed by atoms with van der Waals surface area (Å²) in [4.78, 5) is 11.8. The first-order valence-electron chi connectivity index (χ1n) is 4.88. The zero-order chi connectivity index (χ0) is 11.6. The maximum Gasteiger partial charge on any atom is 0.231 e. The molecule has 84 valence electrons. The monoisotopic (exact) mass is 210 g/mol. The van der Waals surface area contributed by atoms with E-state index in [2.05, 4.69) is 10.4 Å². The third-order valence-corrected chi connectivity index (χ3v) is 2.61. The van der Waals surface area contributed by atoms with Gasteiger partial charge in [0.2, 0.25) is 5.91 Å². The molecule has 0 saturated heterocycles. The number of nitrogens with zero attached hydrogens (tertiary/aromatic N) is 2. The number of rotatable bonds is 3. The molecule has 5 heteroatoms. The van der Waals surface area contributed by atoms with Gasteiger partial charge in [0.1, 0.15) is 0 Å². The number of aromatic nitrogens is 2. The number of nitrogens with one attached hydrogen (secondary N) is 1. The Morgan fingerprint density at radius 3 is 2.67 bits per heavy atom. The Morgan fingerprint density at radius 1 is 1.67 bits per heavy atom. The number of nitrogens with two attached hydrogens (primary N) is 1. The molecule has 1 amide bonds.